The molecule has 3 heterocycles. The highest BCUT2D eigenvalue weighted by atomic mass is 35.5. The third kappa shape index (κ3) is 3.34. The SMILES string of the molecule is CC(c1c(C#N)c(Cl)c2cnc(N[C@@H]3CCOC[C@@H]3O)nn12)C(C)(C)F. The number of nitrogens with one attached hydrogen (secondary N) is 1. The number of aliphatic hydroxyl groups excluding tert-OH is 1. The second kappa shape index (κ2) is 6.99. The van der Waals surface area contributed by atoms with Gasteiger partial charge in [-0.15, -0.1) is 5.10 Å². The van der Waals surface area contributed by atoms with E-state index >= 15 is 0 Å². The second-order valence-electron chi connectivity index (χ2n) is 7.03. The van der Waals surface area contributed by atoms with Gasteiger partial charge in [0.1, 0.15) is 17.3 Å². The molecule has 9 heteroatoms. The van der Waals surface area contributed by atoms with Gasteiger partial charge in [-0.3, -0.25) is 0 Å². The molecule has 0 saturated carbocycles. The minimum absolute atomic E-state index is 0.197. The van der Waals surface area contributed by atoms with Crippen molar-refractivity contribution in [2.24, 2.45) is 0 Å². The Bertz CT molecular complexity index is 857. The molecule has 0 aliphatic carbocycles. The Morgan fingerprint density at radius 1 is 1.58 bits per heavy atom. The number of aromatic nitrogens is 3. The molecule has 0 bridgehead atoms. The number of fused-ring (bicyclic) bond motifs is 1. The number of ether oxygens (including phenoxy) is 1. The largest absolute Gasteiger partial charge is 0.389 e. The maximum Gasteiger partial charge on any atom is 0.241 e. The average Bonchev–Trinajstić information content (AvgIpc) is 2.87. The predicted molar refractivity (Wildman–Crippen MR) is 95.2 cm³/mol. The van der Waals surface area contributed by atoms with Crippen molar-refractivity contribution in [3.63, 3.8) is 0 Å². The minimum Gasteiger partial charge on any atom is -0.389 e. The highest BCUT2D eigenvalue weighted by Crippen LogP contribution is 2.38. The van der Waals surface area contributed by atoms with Crippen molar-refractivity contribution in [1.82, 2.24) is 14.6 Å². The summed E-state index contributed by atoms with van der Waals surface area (Å²) in [5.74, 6) is -0.349. The molecule has 1 aliphatic rings. The van der Waals surface area contributed by atoms with Crippen molar-refractivity contribution in [1.29, 1.82) is 5.26 Å². The lowest BCUT2D eigenvalue weighted by Gasteiger charge is -2.28. The van der Waals surface area contributed by atoms with E-state index in [4.69, 9.17) is 16.3 Å². The number of halogens is 2. The zero-order valence-corrected chi connectivity index (χ0v) is 15.6. The topological polar surface area (TPSA) is 95.5 Å². The van der Waals surface area contributed by atoms with E-state index in [0.717, 1.165) is 0 Å². The number of rotatable bonds is 4. The molecule has 0 spiro atoms. The van der Waals surface area contributed by atoms with Crippen LogP contribution >= 0.6 is 11.6 Å². The Balaban J connectivity index is 2.06. The van der Waals surface area contributed by atoms with E-state index in [1.165, 1.54) is 24.6 Å². The highest BCUT2D eigenvalue weighted by Gasteiger charge is 2.33. The Hall–Kier alpha value is -1.95. The monoisotopic (exact) mass is 381 g/mol. The molecule has 3 atom stereocenters. The van der Waals surface area contributed by atoms with Crippen molar-refractivity contribution in [2.45, 2.75) is 50.9 Å². The lowest BCUT2D eigenvalue weighted by molar-refractivity contribution is -0.0136. The summed E-state index contributed by atoms with van der Waals surface area (Å²) >= 11 is 6.30. The lowest BCUT2D eigenvalue weighted by atomic mass is 9.90. The summed E-state index contributed by atoms with van der Waals surface area (Å²) in [5.41, 5.74) is -0.536. The molecule has 140 valence electrons. The maximum atomic E-state index is 14.6. The summed E-state index contributed by atoms with van der Waals surface area (Å²) < 4.78 is 21.3. The summed E-state index contributed by atoms with van der Waals surface area (Å²) in [6.45, 7) is 5.36. The Labute approximate surface area is 155 Å². The Morgan fingerprint density at radius 3 is 2.92 bits per heavy atom. The fraction of sp³-hybridized carbons (Fsp3) is 0.588. The first-order valence-electron chi connectivity index (χ1n) is 8.42. The van der Waals surface area contributed by atoms with Gasteiger partial charge in [0.05, 0.1) is 41.2 Å². The second-order valence-corrected chi connectivity index (χ2v) is 7.41. The molecule has 0 aromatic carbocycles. The van der Waals surface area contributed by atoms with Crippen molar-refractivity contribution in [2.75, 3.05) is 18.5 Å². The van der Waals surface area contributed by atoms with Gasteiger partial charge in [-0.2, -0.15) is 5.26 Å². The Morgan fingerprint density at radius 2 is 2.31 bits per heavy atom. The van der Waals surface area contributed by atoms with Gasteiger partial charge in [0, 0.05) is 12.5 Å². The van der Waals surface area contributed by atoms with E-state index in [1.807, 2.05) is 0 Å². The zero-order valence-electron chi connectivity index (χ0n) is 14.8. The van der Waals surface area contributed by atoms with Gasteiger partial charge in [0.25, 0.3) is 0 Å². The summed E-state index contributed by atoms with van der Waals surface area (Å²) in [5, 5.41) is 27.2. The third-order valence-electron chi connectivity index (χ3n) is 4.85. The first kappa shape index (κ1) is 18.8. The van der Waals surface area contributed by atoms with Gasteiger partial charge in [0.15, 0.2) is 0 Å². The molecule has 7 nitrogen and oxygen atoms in total. The maximum absolute atomic E-state index is 14.6. The number of anilines is 1. The van der Waals surface area contributed by atoms with Crippen molar-refractivity contribution in [3.05, 3.63) is 22.5 Å². The van der Waals surface area contributed by atoms with Gasteiger partial charge in [-0.05, 0) is 20.3 Å². The molecule has 2 aromatic rings. The van der Waals surface area contributed by atoms with E-state index in [0.29, 0.717) is 24.2 Å². The van der Waals surface area contributed by atoms with E-state index in [2.05, 4.69) is 21.5 Å². The number of nitriles is 1. The summed E-state index contributed by atoms with van der Waals surface area (Å²) in [4.78, 5) is 4.22. The normalized spacial score (nSPS) is 22.2. The minimum atomic E-state index is -1.57. The molecule has 0 radical (unpaired) electrons. The van der Waals surface area contributed by atoms with Crippen LogP contribution in [0.2, 0.25) is 5.02 Å². The van der Waals surface area contributed by atoms with Gasteiger partial charge in [0.2, 0.25) is 5.95 Å². The standard InChI is InChI=1S/C17H21ClFN5O2/c1-9(17(2,3)19)15-10(6-20)14(18)12-7-21-16(23-24(12)15)22-11-4-5-26-8-13(11)25/h7,9,11,13,25H,4-5,8H2,1-3H3,(H,22,23)/t9?,11-,13+/m1/s1. The van der Waals surface area contributed by atoms with Crippen LogP contribution in [0.5, 0.6) is 0 Å². The van der Waals surface area contributed by atoms with E-state index in [9.17, 15) is 14.8 Å². The number of nitrogens with zero attached hydrogens (tertiary/aromatic N) is 4. The van der Waals surface area contributed by atoms with Crippen LogP contribution < -0.4 is 5.32 Å². The van der Waals surface area contributed by atoms with E-state index < -0.39 is 17.7 Å². The molecule has 3 rings (SSSR count). The number of hydrogen-bond acceptors (Lipinski definition) is 6. The van der Waals surface area contributed by atoms with E-state index in [1.54, 1.807) is 6.92 Å². The van der Waals surface area contributed by atoms with Crippen LogP contribution in [0, 0.1) is 11.3 Å². The van der Waals surface area contributed by atoms with Gasteiger partial charge >= 0.3 is 0 Å². The van der Waals surface area contributed by atoms with Crippen molar-refractivity contribution < 1.29 is 14.2 Å². The molecule has 2 aromatic heterocycles. The molecule has 0 amide bonds. The third-order valence-corrected chi connectivity index (χ3v) is 5.24. The summed E-state index contributed by atoms with van der Waals surface area (Å²) in [7, 11) is 0. The molecule has 26 heavy (non-hydrogen) atoms. The highest BCUT2D eigenvalue weighted by molar-refractivity contribution is 6.35. The fourth-order valence-corrected chi connectivity index (χ4v) is 3.25. The van der Waals surface area contributed by atoms with Crippen LogP contribution in [0.15, 0.2) is 6.20 Å². The van der Waals surface area contributed by atoms with Crippen LogP contribution in [0.3, 0.4) is 0 Å². The van der Waals surface area contributed by atoms with Crippen molar-refractivity contribution in [3.8, 4) is 6.07 Å². The predicted octanol–water partition coefficient (Wildman–Crippen LogP) is 2.67. The lowest BCUT2D eigenvalue weighted by Crippen LogP contribution is -2.42. The molecular formula is C17H21ClFN5O2. The fourth-order valence-electron chi connectivity index (χ4n) is 2.99. The average molecular weight is 382 g/mol. The molecule has 1 aliphatic heterocycles. The summed E-state index contributed by atoms with van der Waals surface area (Å²) in [6.07, 6.45) is 1.43. The van der Waals surface area contributed by atoms with Crippen LogP contribution in [0.25, 0.3) is 5.52 Å². The molecule has 2 N–H and O–H groups in total. The Kier molecular flexibility index (Phi) is 5.06. The quantitative estimate of drug-likeness (QED) is 0.845. The van der Waals surface area contributed by atoms with Crippen LogP contribution in [0.1, 0.15) is 44.4 Å². The summed E-state index contributed by atoms with van der Waals surface area (Å²) in [6, 6.07) is 1.80. The first-order chi connectivity index (χ1) is 12.2. The smallest absolute Gasteiger partial charge is 0.241 e. The van der Waals surface area contributed by atoms with Gasteiger partial charge < -0.3 is 15.2 Å². The number of aliphatic hydroxyl groups is 1. The number of hydrogen-bond donors (Lipinski definition) is 2. The number of alkyl halides is 1. The molecular weight excluding hydrogens is 361 g/mol. The van der Waals surface area contributed by atoms with E-state index in [-0.39, 0.29) is 29.2 Å². The van der Waals surface area contributed by atoms with Gasteiger partial charge in [-0.25, -0.2) is 13.9 Å². The zero-order chi connectivity index (χ0) is 19.1. The first-order valence-corrected chi connectivity index (χ1v) is 8.80. The molecule has 1 saturated heterocycles. The van der Waals surface area contributed by atoms with Crippen LogP contribution in [-0.4, -0.2) is 50.7 Å². The van der Waals surface area contributed by atoms with Gasteiger partial charge in [-0.1, -0.05) is 18.5 Å². The van der Waals surface area contributed by atoms with Crippen LogP contribution in [0.4, 0.5) is 10.3 Å². The van der Waals surface area contributed by atoms with Crippen molar-refractivity contribution >= 4 is 23.1 Å². The van der Waals surface area contributed by atoms with Crippen LogP contribution in [-0.2, 0) is 4.74 Å². The molecule has 1 unspecified atom stereocenters. The molecule has 1 fully saturated rings.